The van der Waals surface area contributed by atoms with Gasteiger partial charge in [-0.15, -0.1) is 0 Å². The number of nitrogens with zero attached hydrogens (tertiary/aromatic N) is 1. The molecule has 0 aromatic heterocycles. The molecule has 1 aliphatic heterocycles. The summed E-state index contributed by atoms with van der Waals surface area (Å²) in [6, 6.07) is 13.0. The van der Waals surface area contributed by atoms with Crippen molar-refractivity contribution in [3.63, 3.8) is 0 Å². The SMILES string of the molecule is COc1ccccc1CC(=O)N[C@H]1CCN(c2cc(C)cc(C)c2)C1=O. The first-order valence-corrected chi connectivity index (χ1v) is 8.79. The lowest BCUT2D eigenvalue weighted by Gasteiger charge is -2.18. The lowest BCUT2D eigenvalue weighted by molar-refractivity contribution is -0.126. The van der Waals surface area contributed by atoms with Gasteiger partial charge in [0.05, 0.1) is 13.5 Å². The number of rotatable bonds is 5. The van der Waals surface area contributed by atoms with Crippen LogP contribution in [0.25, 0.3) is 0 Å². The number of nitrogens with one attached hydrogen (secondary N) is 1. The molecule has 2 amide bonds. The van der Waals surface area contributed by atoms with E-state index in [-0.39, 0.29) is 18.2 Å². The molecule has 5 nitrogen and oxygen atoms in total. The van der Waals surface area contributed by atoms with Crippen LogP contribution in [0.1, 0.15) is 23.1 Å². The summed E-state index contributed by atoms with van der Waals surface area (Å²) in [5.74, 6) is 0.454. The standard InChI is InChI=1S/C21H24N2O3/c1-14-10-15(2)12-17(11-14)23-9-8-18(21(23)25)22-20(24)13-16-6-4-5-7-19(16)26-3/h4-7,10-12,18H,8-9,13H2,1-3H3,(H,22,24)/t18-/m0/s1. The first kappa shape index (κ1) is 18.0. The summed E-state index contributed by atoms with van der Waals surface area (Å²) < 4.78 is 5.28. The molecule has 1 fully saturated rings. The second kappa shape index (κ2) is 7.60. The fourth-order valence-corrected chi connectivity index (χ4v) is 3.44. The van der Waals surface area contributed by atoms with Crippen LogP contribution in [-0.2, 0) is 16.0 Å². The largest absolute Gasteiger partial charge is 0.496 e. The second-order valence-electron chi connectivity index (χ2n) is 6.73. The minimum Gasteiger partial charge on any atom is -0.496 e. The van der Waals surface area contributed by atoms with Crippen molar-refractivity contribution in [1.29, 1.82) is 0 Å². The molecule has 2 aromatic rings. The highest BCUT2D eigenvalue weighted by Gasteiger charge is 2.33. The van der Waals surface area contributed by atoms with E-state index in [0.717, 1.165) is 22.4 Å². The van der Waals surface area contributed by atoms with Crippen LogP contribution in [0.2, 0.25) is 0 Å². The van der Waals surface area contributed by atoms with Crippen LogP contribution < -0.4 is 15.0 Å². The predicted octanol–water partition coefficient (Wildman–Crippen LogP) is 2.78. The van der Waals surface area contributed by atoms with Crippen molar-refractivity contribution in [1.82, 2.24) is 5.32 Å². The number of aryl methyl sites for hydroxylation is 2. The lowest BCUT2D eigenvalue weighted by atomic mass is 10.1. The summed E-state index contributed by atoms with van der Waals surface area (Å²) in [6.07, 6.45) is 0.806. The summed E-state index contributed by atoms with van der Waals surface area (Å²) in [6.45, 7) is 4.65. The highest BCUT2D eigenvalue weighted by molar-refractivity contribution is 6.01. The Kier molecular flexibility index (Phi) is 5.26. The smallest absolute Gasteiger partial charge is 0.249 e. The lowest BCUT2D eigenvalue weighted by Crippen LogP contribution is -2.42. The number of benzene rings is 2. The fraction of sp³-hybridized carbons (Fsp3) is 0.333. The molecule has 1 aliphatic rings. The number of carbonyl (C=O) groups is 2. The van der Waals surface area contributed by atoms with E-state index in [1.54, 1.807) is 12.0 Å². The third kappa shape index (κ3) is 3.87. The number of ether oxygens (including phenoxy) is 1. The van der Waals surface area contributed by atoms with E-state index >= 15 is 0 Å². The number of carbonyl (C=O) groups excluding carboxylic acids is 2. The number of anilines is 1. The third-order valence-corrected chi connectivity index (χ3v) is 4.60. The molecule has 0 radical (unpaired) electrons. The van der Waals surface area contributed by atoms with Gasteiger partial charge in [0.25, 0.3) is 0 Å². The molecule has 0 saturated carbocycles. The van der Waals surface area contributed by atoms with Crippen molar-refractivity contribution < 1.29 is 14.3 Å². The Balaban J connectivity index is 1.66. The van der Waals surface area contributed by atoms with Crippen LogP contribution in [0.3, 0.4) is 0 Å². The number of methoxy groups -OCH3 is 1. The summed E-state index contributed by atoms with van der Waals surface area (Å²) in [5, 5.41) is 2.87. The van der Waals surface area contributed by atoms with Crippen LogP contribution in [0.15, 0.2) is 42.5 Å². The highest BCUT2D eigenvalue weighted by atomic mass is 16.5. The molecular weight excluding hydrogens is 328 g/mol. The first-order chi connectivity index (χ1) is 12.5. The Bertz CT molecular complexity index is 812. The van der Waals surface area contributed by atoms with Gasteiger partial charge in [-0.25, -0.2) is 0 Å². The van der Waals surface area contributed by atoms with Crippen molar-refractivity contribution >= 4 is 17.5 Å². The molecule has 1 heterocycles. The quantitative estimate of drug-likeness (QED) is 0.900. The van der Waals surface area contributed by atoms with E-state index in [1.165, 1.54) is 0 Å². The molecule has 26 heavy (non-hydrogen) atoms. The molecule has 0 bridgehead atoms. The van der Waals surface area contributed by atoms with Crippen LogP contribution in [0.4, 0.5) is 5.69 Å². The van der Waals surface area contributed by atoms with E-state index in [9.17, 15) is 9.59 Å². The predicted molar refractivity (Wildman–Crippen MR) is 102 cm³/mol. The summed E-state index contributed by atoms with van der Waals surface area (Å²) in [7, 11) is 1.58. The zero-order chi connectivity index (χ0) is 18.7. The van der Waals surface area contributed by atoms with Gasteiger partial charge in [-0.3, -0.25) is 9.59 Å². The average molecular weight is 352 g/mol. The monoisotopic (exact) mass is 352 g/mol. The maximum absolute atomic E-state index is 12.7. The van der Waals surface area contributed by atoms with Gasteiger partial charge < -0.3 is 15.0 Å². The minimum absolute atomic E-state index is 0.0524. The molecule has 3 rings (SSSR count). The van der Waals surface area contributed by atoms with E-state index in [1.807, 2.05) is 50.2 Å². The van der Waals surface area contributed by atoms with E-state index in [0.29, 0.717) is 18.7 Å². The van der Waals surface area contributed by atoms with Gasteiger partial charge in [0.15, 0.2) is 0 Å². The number of amides is 2. The molecule has 2 aromatic carbocycles. The zero-order valence-electron chi connectivity index (χ0n) is 15.4. The average Bonchev–Trinajstić information content (AvgIpc) is 2.95. The maximum atomic E-state index is 12.7. The van der Waals surface area contributed by atoms with E-state index in [2.05, 4.69) is 11.4 Å². The van der Waals surface area contributed by atoms with Gasteiger partial charge in [0.2, 0.25) is 11.8 Å². The third-order valence-electron chi connectivity index (χ3n) is 4.60. The Morgan fingerprint density at radius 1 is 1.19 bits per heavy atom. The Morgan fingerprint density at radius 3 is 2.58 bits per heavy atom. The van der Waals surface area contributed by atoms with Gasteiger partial charge in [-0.05, 0) is 49.6 Å². The highest BCUT2D eigenvalue weighted by Crippen LogP contribution is 2.24. The van der Waals surface area contributed by atoms with E-state index < -0.39 is 6.04 Å². The van der Waals surface area contributed by atoms with Gasteiger partial charge in [0.1, 0.15) is 11.8 Å². The molecule has 0 aliphatic carbocycles. The summed E-state index contributed by atoms with van der Waals surface area (Å²) in [5.41, 5.74) is 3.95. The first-order valence-electron chi connectivity index (χ1n) is 8.79. The Labute approximate surface area is 154 Å². The normalized spacial score (nSPS) is 16.7. The summed E-state index contributed by atoms with van der Waals surface area (Å²) in [4.78, 5) is 26.9. The van der Waals surface area contributed by atoms with Crippen LogP contribution >= 0.6 is 0 Å². The molecule has 5 heteroatoms. The maximum Gasteiger partial charge on any atom is 0.249 e. The van der Waals surface area contributed by atoms with Crippen molar-refractivity contribution in [2.45, 2.75) is 32.7 Å². The Hall–Kier alpha value is -2.82. The van der Waals surface area contributed by atoms with Crippen molar-refractivity contribution in [3.05, 3.63) is 59.2 Å². The summed E-state index contributed by atoms with van der Waals surface area (Å²) >= 11 is 0. The van der Waals surface area contributed by atoms with Crippen LogP contribution in [-0.4, -0.2) is 31.5 Å². The van der Waals surface area contributed by atoms with Gasteiger partial charge in [-0.2, -0.15) is 0 Å². The second-order valence-corrected chi connectivity index (χ2v) is 6.73. The van der Waals surface area contributed by atoms with Crippen molar-refractivity contribution in [3.8, 4) is 5.75 Å². The molecule has 1 atom stereocenters. The topological polar surface area (TPSA) is 58.6 Å². The zero-order valence-corrected chi connectivity index (χ0v) is 15.4. The number of hydrogen-bond donors (Lipinski definition) is 1. The van der Waals surface area contributed by atoms with Gasteiger partial charge in [0, 0.05) is 17.8 Å². The van der Waals surface area contributed by atoms with Crippen molar-refractivity contribution in [2.24, 2.45) is 0 Å². The molecule has 1 N–H and O–H groups in total. The van der Waals surface area contributed by atoms with Crippen molar-refractivity contribution in [2.75, 3.05) is 18.6 Å². The Morgan fingerprint density at radius 2 is 1.88 bits per heavy atom. The molecule has 1 saturated heterocycles. The van der Waals surface area contributed by atoms with E-state index in [4.69, 9.17) is 4.74 Å². The molecule has 0 unspecified atom stereocenters. The van der Waals surface area contributed by atoms with Crippen LogP contribution in [0.5, 0.6) is 5.75 Å². The minimum atomic E-state index is -0.474. The number of para-hydroxylation sites is 1. The molecular formula is C21H24N2O3. The van der Waals surface area contributed by atoms with Gasteiger partial charge >= 0.3 is 0 Å². The molecule has 136 valence electrons. The fourth-order valence-electron chi connectivity index (χ4n) is 3.44. The van der Waals surface area contributed by atoms with Crippen LogP contribution in [0, 0.1) is 13.8 Å². The number of hydrogen-bond acceptors (Lipinski definition) is 3. The molecule has 0 spiro atoms. The van der Waals surface area contributed by atoms with Gasteiger partial charge in [-0.1, -0.05) is 24.3 Å².